The van der Waals surface area contributed by atoms with Crippen molar-refractivity contribution in [3.8, 4) is 0 Å². The van der Waals surface area contributed by atoms with Crippen LogP contribution in [0.2, 0.25) is 0 Å². The van der Waals surface area contributed by atoms with Gasteiger partial charge in [-0.25, -0.2) is 0 Å². The van der Waals surface area contributed by atoms with Gasteiger partial charge < -0.3 is 14.6 Å². The van der Waals surface area contributed by atoms with E-state index in [9.17, 15) is 14.7 Å². The van der Waals surface area contributed by atoms with Crippen LogP contribution in [0.4, 0.5) is 0 Å². The van der Waals surface area contributed by atoms with Gasteiger partial charge in [-0.2, -0.15) is 0 Å². The lowest BCUT2D eigenvalue weighted by Crippen LogP contribution is -2.46. The first-order valence-electron chi connectivity index (χ1n) is 11.7. The van der Waals surface area contributed by atoms with Gasteiger partial charge in [-0.15, -0.1) is 0 Å². The van der Waals surface area contributed by atoms with Crippen molar-refractivity contribution in [3.05, 3.63) is 11.6 Å². The second kappa shape index (κ2) is 6.26. The molecule has 0 radical (unpaired) electrons. The van der Waals surface area contributed by atoms with Gasteiger partial charge in [0, 0.05) is 12.3 Å². The molecule has 1 spiro atoms. The van der Waals surface area contributed by atoms with E-state index in [4.69, 9.17) is 9.47 Å². The van der Waals surface area contributed by atoms with E-state index in [0.717, 1.165) is 38.4 Å². The molecule has 5 rings (SSSR count). The summed E-state index contributed by atoms with van der Waals surface area (Å²) >= 11 is 0. The summed E-state index contributed by atoms with van der Waals surface area (Å²) in [7, 11) is 0. The van der Waals surface area contributed by atoms with Crippen LogP contribution >= 0.6 is 0 Å². The van der Waals surface area contributed by atoms with Crippen molar-refractivity contribution in [2.24, 2.45) is 29.1 Å². The third kappa shape index (κ3) is 2.77. The van der Waals surface area contributed by atoms with Crippen LogP contribution in [0, 0.1) is 29.1 Å². The summed E-state index contributed by atoms with van der Waals surface area (Å²) in [4.78, 5) is 24.7. The Morgan fingerprint density at radius 1 is 1.17 bits per heavy atom. The van der Waals surface area contributed by atoms with E-state index in [1.165, 1.54) is 0 Å². The van der Waals surface area contributed by atoms with Gasteiger partial charge in [0.1, 0.15) is 18.2 Å². The summed E-state index contributed by atoms with van der Waals surface area (Å²) in [5, 5.41) is 11.1. The Bertz CT molecular complexity index is 812. The molecule has 2 saturated heterocycles. The fourth-order valence-electron chi connectivity index (χ4n) is 7.81. The van der Waals surface area contributed by atoms with E-state index < -0.39 is 11.5 Å². The minimum atomic E-state index is -1.05. The second-order valence-electron chi connectivity index (χ2n) is 11.9. The normalized spacial score (nSPS) is 56.1. The molecule has 1 N–H and O–H groups in total. The van der Waals surface area contributed by atoms with Gasteiger partial charge in [0.2, 0.25) is 0 Å². The highest BCUT2D eigenvalue weighted by Crippen LogP contribution is 2.65. The third-order valence-electron chi connectivity index (χ3n) is 9.56. The number of hydrogen-bond acceptors (Lipinski definition) is 5. The molecule has 2 saturated carbocycles. The van der Waals surface area contributed by atoms with Crippen LogP contribution in [0.5, 0.6) is 0 Å². The zero-order valence-electron chi connectivity index (χ0n) is 18.9. The van der Waals surface area contributed by atoms with Crippen molar-refractivity contribution in [2.75, 3.05) is 0 Å². The monoisotopic (exact) mass is 416 g/mol. The molecule has 0 aromatic heterocycles. The molecule has 5 nitrogen and oxygen atoms in total. The fraction of sp³-hybridized carbons (Fsp3) is 0.840. The van der Waals surface area contributed by atoms with E-state index in [-0.39, 0.29) is 52.9 Å². The second-order valence-corrected chi connectivity index (χ2v) is 11.9. The van der Waals surface area contributed by atoms with Gasteiger partial charge in [-0.1, -0.05) is 19.9 Å². The van der Waals surface area contributed by atoms with Gasteiger partial charge in [-0.3, -0.25) is 9.59 Å². The predicted octanol–water partition coefficient (Wildman–Crippen LogP) is 3.62. The van der Waals surface area contributed by atoms with Crippen LogP contribution in [0.15, 0.2) is 11.6 Å². The van der Waals surface area contributed by atoms with Crippen molar-refractivity contribution < 1.29 is 24.2 Å². The van der Waals surface area contributed by atoms with Gasteiger partial charge in [-0.05, 0) is 75.7 Å². The number of epoxide rings is 1. The predicted molar refractivity (Wildman–Crippen MR) is 112 cm³/mol. The molecule has 30 heavy (non-hydrogen) atoms. The molecule has 0 aromatic rings. The lowest BCUT2D eigenvalue weighted by atomic mass is 9.62. The standard InChI is InChI=1S/C25H36O5/c1-14-10-18(21-22(2,3)30-21)29-25(14)9-8-23(4)11-16-20(17(27)12-24(16,5)28)15(13-26)6-7-19(23)25/h6,13-14,16,18-21,28H,7-12H2,1-5H3/b15-6-/t14-,16-,18+,19+,20+,21?,23+,24+,25-/m0/s1. The number of fused-ring (bicyclic) bond motifs is 3. The fourth-order valence-corrected chi connectivity index (χ4v) is 7.81. The molecule has 2 aliphatic heterocycles. The number of aliphatic hydroxyl groups is 1. The molecule has 166 valence electrons. The number of hydrogen-bond donors (Lipinski definition) is 1. The average molecular weight is 417 g/mol. The molecule has 5 heteroatoms. The Morgan fingerprint density at radius 2 is 1.87 bits per heavy atom. The Morgan fingerprint density at radius 3 is 2.50 bits per heavy atom. The van der Waals surface area contributed by atoms with Crippen LogP contribution in [-0.4, -0.2) is 46.2 Å². The Kier molecular flexibility index (Phi) is 4.35. The van der Waals surface area contributed by atoms with Crippen molar-refractivity contribution in [1.82, 2.24) is 0 Å². The summed E-state index contributed by atoms with van der Waals surface area (Å²) in [5.41, 5.74) is -0.819. The van der Waals surface area contributed by atoms with Crippen LogP contribution in [0.3, 0.4) is 0 Å². The van der Waals surface area contributed by atoms with E-state index in [1.54, 1.807) is 6.92 Å². The van der Waals surface area contributed by atoms with E-state index in [0.29, 0.717) is 11.5 Å². The molecule has 9 atom stereocenters. The maximum atomic E-state index is 12.7. The summed E-state index contributed by atoms with van der Waals surface area (Å²) in [6, 6.07) is 0. The summed E-state index contributed by atoms with van der Waals surface area (Å²) in [6.07, 6.45) is 7.84. The average Bonchev–Trinajstić information content (AvgIpc) is 2.90. The zero-order chi connectivity index (χ0) is 21.7. The van der Waals surface area contributed by atoms with E-state index >= 15 is 0 Å². The highest BCUT2D eigenvalue weighted by atomic mass is 16.6. The number of aldehydes is 1. The number of rotatable bonds is 2. The molecule has 5 aliphatic rings. The van der Waals surface area contributed by atoms with Crippen molar-refractivity contribution in [1.29, 1.82) is 0 Å². The first kappa shape index (κ1) is 20.8. The summed E-state index contributed by atoms with van der Waals surface area (Å²) < 4.78 is 12.8. The van der Waals surface area contributed by atoms with Gasteiger partial charge in [0.05, 0.1) is 28.8 Å². The number of ether oxygens (including phenoxy) is 2. The molecular formula is C25H36O5. The Balaban J connectivity index is 1.51. The minimum Gasteiger partial charge on any atom is -0.389 e. The topological polar surface area (TPSA) is 76.1 Å². The number of allylic oxidation sites excluding steroid dienone is 2. The van der Waals surface area contributed by atoms with Crippen LogP contribution in [0.1, 0.15) is 73.1 Å². The number of carbonyl (C=O) groups is 2. The molecule has 3 aliphatic carbocycles. The molecule has 0 aromatic carbocycles. The summed E-state index contributed by atoms with van der Waals surface area (Å²) in [5.74, 6) is 0.0409. The maximum absolute atomic E-state index is 12.7. The third-order valence-corrected chi connectivity index (χ3v) is 9.56. The molecule has 0 amide bonds. The quantitative estimate of drug-likeness (QED) is 0.550. The highest BCUT2D eigenvalue weighted by Gasteiger charge is 2.66. The number of Topliss-reactive ketones (excluding diaryl/α,β-unsaturated/α-hetero) is 1. The van der Waals surface area contributed by atoms with Crippen LogP contribution < -0.4 is 0 Å². The lowest BCUT2D eigenvalue weighted by Gasteiger charge is -2.45. The lowest BCUT2D eigenvalue weighted by molar-refractivity contribution is -0.122. The van der Waals surface area contributed by atoms with Crippen LogP contribution in [-0.2, 0) is 19.1 Å². The minimum absolute atomic E-state index is 0.0109. The van der Waals surface area contributed by atoms with Crippen LogP contribution in [0.25, 0.3) is 0 Å². The van der Waals surface area contributed by atoms with E-state index in [2.05, 4.69) is 27.7 Å². The summed E-state index contributed by atoms with van der Waals surface area (Å²) in [6.45, 7) is 10.7. The maximum Gasteiger partial charge on any atom is 0.146 e. The highest BCUT2D eigenvalue weighted by molar-refractivity contribution is 5.94. The largest absolute Gasteiger partial charge is 0.389 e. The molecular weight excluding hydrogens is 380 g/mol. The van der Waals surface area contributed by atoms with Gasteiger partial charge >= 0.3 is 0 Å². The SMILES string of the molecule is C[C@H]1C[C@H](C2OC2(C)C)O[C@@]12CC[C@]1(C)C[C@H]3[C@H](C(=O)C[C@@]3(C)O)/C(C=O)=C\C[C@H]12. The first-order chi connectivity index (χ1) is 13.9. The molecule has 4 fully saturated rings. The number of ketones is 1. The van der Waals surface area contributed by atoms with Crippen molar-refractivity contribution in [3.63, 3.8) is 0 Å². The van der Waals surface area contributed by atoms with Gasteiger partial charge in [0.25, 0.3) is 0 Å². The zero-order valence-corrected chi connectivity index (χ0v) is 18.9. The van der Waals surface area contributed by atoms with E-state index in [1.807, 2.05) is 6.08 Å². The van der Waals surface area contributed by atoms with Crippen molar-refractivity contribution >= 4 is 12.1 Å². The Hall–Kier alpha value is -1.04. The Labute approximate surface area is 179 Å². The van der Waals surface area contributed by atoms with Crippen molar-refractivity contribution in [2.45, 2.75) is 102 Å². The molecule has 0 bridgehead atoms. The smallest absolute Gasteiger partial charge is 0.146 e. The first-order valence-corrected chi connectivity index (χ1v) is 11.7. The molecule has 1 unspecified atom stereocenters. The van der Waals surface area contributed by atoms with Gasteiger partial charge in [0.15, 0.2) is 0 Å². The molecule has 2 heterocycles. The number of carbonyl (C=O) groups excluding carboxylic acids is 2.